The number of aryl methyl sites for hydroxylation is 1. The van der Waals surface area contributed by atoms with Gasteiger partial charge in [0, 0.05) is 36.6 Å². The third-order valence-corrected chi connectivity index (χ3v) is 5.27. The van der Waals surface area contributed by atoms with Gasteiger partial charge < -0.3 is 9.30 Å². The molecule has 3 heterocycles. The average molecular weight is 389 g/mol. The molecule has 0 N–H and O–H groups in total. The number of aromatic nitrogens is 1. The minimum atomic E-state index is -0.938. The summed E-state index contributed by atoms with van der Waals surface area (Å²) in [5, 5.41) is 0. The number of urea groups is 1. The molecule has 3 rings (SSSR count). The monoisotopic (exact) mass is 389 g/mol. The molecular weight excluding hydrogens is 362 g/mol. The minimum absolute atomic E-state index is 0.0353. The van der Waals surface area contributed by atoms with Gasteiger partial charge in [0.1, 0.15) is 0 Å². The molecule has 8 nitrogen and oxygen atoms in total. The summed E-state index contributed by atoms with van der Waals surface area (Å²) >= 11 is 0. The summed E-state index contributed by atoms with van der Waals surface area (Å²) in [5.41, 5.74) is 2.17. The van der Waals surface area contributed by atoms with Crippen molar-refractivity contribution in [3.05, 3.63) is 23.0 Å². The summed E-state index contributed by atoms with van der Waals surface area (Å²) in [5.74, 6) is -2.12. The summed E-state index contributed by atoms with van der Waals surface area (Å²) in [6, 6.07) is 1.05. The zero-order valence-electron chi connectivity index (χ0n) is 16.9. The van der Waals surface area contributed by atoms with Gasteiger partial charge in [0.25, 0.3) is 0 Å². The number of imide groups is 2. The zero-order chi connectivity index (χ0) is 20.6. The van der Waals surface area contributed by atoms with Crippen molar-refractivity contribution < 1.29 is 23.9 Å². The van der Waals surface area contributed by atoms with Gasteiger partial charge in [-0.3, -0.25) is 19.3 Å². The molecule has 4 amide bonds. The highest BCUT2D eigenvalue weighted by molar-refractivity contribution is 6.45. The highest BCUT2D eigenvalue weighted by atomic mass is 16.5. The van der Waals surface area contributed by atoms with Crippen molar-refractivity contribution in [1.82, 2.24) is 14.4 Å². The molecule has 152 valence electrons. The van der Waals surface area contributed by atoms with E-state index in [2.05, 4.69) is 0 Å². The second kappa shape index (κ2) is 7.87. The smallest absolute Gasteiger partial charge is 0.334 e. The molecule has 0 saturated carbocycles. The van der Waals surface area contributed by atoms with Crippen LogP contribution in [0.1, 0.15) is 48.4 Å². The summed E-state index contributed by atoms with van der Waals surface area (Å²) in [4.78, 5) is 51.2. The van der Waals surface area contributed by atoms with E-state index < -0.39 is 24.4 Å². The third kappa shape index (κ3) is 3.73. The van der Waals surface area contributed by atoms with Crippen LogP contribution < -0.4 is 0 Å². The van der Waals surface area contributed by atoms with Crippen molar-refractivity contribution in [3.8, 4) is 0 Å². The summed E-state index contributed by atoms with van der Waals surface area (Å²) < 4.78 is 7.72. The molecular formula is C20H27N3O5. The number of hydrogen-bond acceptors (Lipinski definition) is 5. The lowest BCUT2D eigenvalue weighted by atomic mass is 10.1. The lowest BCUT2D eigenvalue weighted by Crippen LogP contribution is -2.38. The molecule has 2 aliphatic heterocycles. The fourth-order valence-electron chi connectivity index (χ4n) is 3.80. The van der Waals surface area contributed by atoms with E-state index >= 15 is 0 Å². The minimum Gasteiger partial charge on any atom is -0.376 e. The van der Waals surface area contributed by atoms with Gasteiger partial charge in [-0.15, -0.1) is 0 Å². The Morgan fingerprint density at radius 1 is 1.18 bits per heavy atom. The first-order valence-corrected chi connectivity index (χ1v) is 9.69. The standard InChI is InChI=1S/C20H27N3O5/c1-12(2)9-22-18(25)19(26)23(20(22)27)11-17(24)16-8-13(3)21(14(16)4)10-15-6-5-7-28-15/h8,12,15H,5-7,9-11H2,1-4H3. The van der Waals surface area contributed by atoms with E-state index in [9.17, 15) is 19.2 Å². The number of ketones is 1. The normalized spacial score (nSPS) is 20.2. The van der Waals surface area contributed by atoms with Crippen LogP contribution in [0.3, 0.4) is 0 Å². The molecule has 0 aromatic carbocycles. The van der Waals surface area contributed by atoms with Crippen LogP contribution in [0.15, 0.2) is 6.07 Å². The fraction of sp³-hybridized carbons (Fsp3) is 0.600. The molecule has 2 saturated heterocycles. The largest absolute Gasteiger partial charge is 0.376 e. The van der Waals surface area contributed by atoms with Gasteiger partial charge in [-0.1, -0.05) is 13.8 Å². The summed E-state index contributed by atoms with van der Waals surface area (Å²) in [6.07, 6.45) is 2.16. The lowest BCUT2D eigenvalue weighted by molar-refractivity contribution is -0.143. The molecule has 2 aliphatic rings. The number of carbonyl (C=O) groups excluding carboxylic acids is 4. The molecule has 28 heavy (non-hydrogen) atoms. The maximum atomic E-state index is 12.8. The van der Waals surface area contributed by atoms with Gasteiger partial charge in [0.2, 0.25) is 0 Å². The fourth-order valence-corrected chi connectivity index (χ4v) is 3.80. The van der Waals surface area contributed by atoms with Crippen LogP contribution >= 0.6 is 0 Å². The quantitative estimate of drug-likeness (QED) is 0.404. The molecule has 0 radical (unpaired) electrons. The van der Waals surface area contributed by atoms with Crippen molar-refractivity contribution in [2.75, 3.05) is 19.7 Å². The molecule has 1 aromatic heterocycles. The van der Waals surface area contributed by atoms with E-state index in [0.29, 0.717) is 12.1 Å². The molecule has 0 bridgehead atoms. The first-order chi connectivity index (χ1) is 13.2. The van der Waals surface area contributed by atoms with Crippen molar-refractivity contribution >= 4 is 23.6 Å². The van der Waals surface area contributed by atoms with E-state index in [1.54, 1.807) is 6.07 Å². The predicted molar refractivity (Wildman–Crippen MR) is 101 cm³/mol. The second-order valence-electron chi connectivity index (χ2n) is 7.94. The number of hydrogen-bond donors (Lipinski definition) is 0. The van der Waals surface area contributed by atoms with Crippen LogP contribution in [-0.2, 0) is 20.9 Å². The molecule has 8 heteroatoms. The number of rotatable bonds is 7. The van der Waals surface area contributed by atoms with E-state index in [4.69, 9.17) is 4.74 Å². The zero-order valence-corrected chi connectivity index (χ0v) is 16.9. The summed E-state index contributed by atoms with van der Waals surface area (Å²) in [6.45, 7) is 8.62. The van der Waals surface area contributed by atoms with Crippen LogP contribution in [0.5, 0.6) is 0 Å². The van der Waals surface area contributed by atoms with E-state index in [0.717, 1.165) is 40.6 Å². The average Bonchev–Trinajstić information content (AvgIpc) is 3.30. The molecule has 2 fully saturated rings. The van der Waals surface area contributed by atoms with Gasteiger partial charge in [0.15, 0.2) is 5.78 Å². The number of ether oxygens (including phenoxy) is 1. The Morgan fingerprint density at radius 3 is 2.46 bits per heavy atom. The van der Waals surface area contributed by atoms with Crippen LogP contribution in [0.25, 0.3) is 0 Å². The van der Waals surface area contributed by atoms with Gasteiger partial charge in [-0.2, -0.15) is 0 Å². The molecule has 0 spiro atoms. The van der Waals surface area contributed by atoms with Gasteiger partial charge in [0.05, 0.1) is 12.6 Å². The van der Waals surface area contributed by atoms with Crippen LogP contribution in [0, 0.1) is 19.8 Å². The van der Waals surface area contributed by atoms with Gasteiger partial charge >= 0.3 is 17.8 Å². The Balaban J connectivity index is 1.75. The Hall–Kier alpha value is -2.48. The highest BCUT2D eigenvalue weighted by Gasteiger charge is 2.45. The Morgan fingerprint density at radius 2 is 1.86 bits per heavy atom. The number of amides is 4. The number of Topliss-reactive ketones (excluding diaryl/α,β-unsaturated/α-hetero) is 1. The van der Waals surface area contributed by atoms with Crippen molar-refractivity contribution in [2.45, 2.75) is 53.2 Å². The second-order valence-corrected chi connectivity index (χ2v) is 7.94. The summed E-state index contributed by atoms with van der Waals surface area (Å²) in [7, 11) is 0. The Kier molecular flexibility index (Phi) is 5.69. The highest BCUT2D eigenvalue weighted by Crippen LogP contribution is 2.22. The molecule has 1 atom stereocenters. The number of nitrogens with zero attached hydrogens (tertiary/aromatic N) is 3. The van der Waals surface area contributed by atoms with Crippen LogP contribution in [-0.4, -0.2) is 63.8 Å². The topological polar surface area (TPSA) is 88.9 Å². The predicted octanol–water partition coefficient (Wildman–Crippen LogP) is 1.91. The van der Waals surface area contributed by atoms with E-state index in [-0.39, 0.29) is 24.3 Å². The van der Waals surface area contributed by atoms with Crippen LogP contribution in [0.4, 0.5) is 4.79 Å². The van der Waals surface area contributed by atoms with E-state index in [1.165, 1.54) is 0 Å². The van der Waals surface area contributed by atoms with Crippen molar-refractivity contribution in [3.63, 3.8) is 0 Å². The van der Waals surface area contributed by atoms with Crippen molar-refractivity contribution in [2.24, 2.45) is 5.92 Å². The van der Waals surface area contributed by atoms with E-state index in [1.807, 2.05) is 32.3 Å². The first-order valence-electron chi connectivity index (χ1n) is 9.69. The Labute approximate surface area is 164 Å². The first kappa shape index (κ1) is 20.3. The van der Waals surface area contributed by atoms with Gasteiger partial charge in [-0.05, 0) is 38.7 Å². The number of carbonyl (C=O) groups is 4. The SMILES string of the molecule is Cc1cc(C(=O)CN2C(=O)C(=O)N(CC(C)C)C2=O)c(C)n1CC1CCCO1. The van der Waals surface area contributed by atoms with Crippen LogP contribution in [0.2, 0.25) is 0 Å². The molecule has 1 aromatic rings. The van der Waals surface area contributed by atoms with Gasteiger partial charge in [-0.25, -0.2) is 9.69 Å². The maximum absolute atomic E-state index is 12.8. The maximum Gasteiger partial charge on any atom is 0.334 e. The van der Waals surface area contributed by atoms with Crippen molar-refractivity contribution in [1.29, 1.82) is 0 Å². The third-order valence-electron chi connectivity index (χ3n) is 5.27. The Bertz CT molecular complexity index is 820. The lowest BCUT2D eigenvalue weighted by Gasteiger charge is -2.17. The molecule has 0 aliphatic carbocycles. The molecule has 1 unspecified atom stereocenters.